The van der Waals surface area contributed by atoms with Crippen LogP contribution in [0.3, 0.4) is 0 Å². The largest absolute Gasteiger partial charge is 0.295 e. The van der Waals surface area contributed by atoms with Gasteiger partial charge in [0.05, 0.1) is 8.07 Å². The van der Waals surface area contributed by atoms with Gasteiger partial charge >= 0.3 is 0 Å². The second-order valence-corrected chi connectivity index (χ2v) is 10.8. The molecule has 2 rings (SSSR count). The van der Waals surface area contributed by atoms with Crippen LogP contribution in [0.5, 0.6) is 0 Å². The lowest BCUT2D eigenvalue weighted by Crippen LogP contribution is -2.46. The highest BCUT2D eigenvalue weighted by atomic mass is 28.3. The van der Waals surface area contributed by atoms with Gasteiger partial charge < -0.3 is 0 Å². The van der Waals surface area contributed by atoms with Crippen LogP contribution in [-0.2, 0) is 0 Å². The molecule has 1 unspecified atom stereocenters. The Morgan fingerprint density at radius 1 is 0.950 bits per heavy atom. The standard InChI is InChI=1S/C18H22OSi/c1-14(19)17-12-8-9-13-18(17)15(2)20(3,4)16-10-6-5-7-11-16/h5-13,15H,1-4H3. The van der Waals surface area contributed by atoms with Crippen LogP contribution in [0.2, 0.25) is 13.1 Å². The van der Waals surface area contributed by atoms with Gasteiger partial charge in [-0.05, 0) is 18.0 Å². The third kappa shape index (κ3) is 2.75. The summed E-state index contributed by atoms with van der Waals surface area (Å²) in [6.45, 7) is 8.68. The lowest BCUT2D eigenvalue weighted by Gasteiger charge is -2.31. The van der Waals surface area contributed by atoms with E-state index < -0.39 is 8.07 Å². The zero-order valence-corrected chi connectivity index (χ0v) is 13.7. The first-order chi connectivity index (χ1) is 9.44. The van der Waals surface area contributed by atoms with Crippen LogP contribution in [0.25, 0.3) is 0 Å². The minimum atomic E-state index is -1.65. The Labute approximate surface area is 122 Å². The van der Waals surface area contributed by atoms with E-state index in [1.165, 1.54) is 10.8 Å². The molecule has 20 heavy (non-hydrogen) atoms. The first kappa shape index (κ1) is 14.7. The smallest absolute Gasteiger partial charge is 0.160 e. The summed E-state index contributed by atoms with van der Waals surface area (Å²) in [6, 6.07) is 18.8. The van der Waals surface area contributed by atoms with Crippen molar-refractivity contribution in [2.75, 3.05) is 0 Å². The van der Waals surface area contributed by atoms with Crippen molar-refractivity contribution in [3.63, 3.8) is 0 Å². The summed E-state index contributed by atoms with van der Waals surface area (Å²) in [4.78, 5) is 11.8. The predicted molar refractivity (Wildman–Crippen MR) is 88.4 cm³/mol. The van der Waals surface area contributed by atoms with E-state index in [2.05, 4.69) is 56.4 Å². The topological polar surface area (TPSA) is 17.1 Å². The van der Waals surface area contributed by atoms with Crippen molar-refractivity contribution in [3.05, 3.63) is 65.7 Å². The fourth-order valence-electron chi connectivity index (χ4n) is 2.70. The van der Waals surface area contributed by atoms with E-state index in [0.29, 0.717) is 5.54 Å². The van der Waals surface area contributed by atoms with Crippen molar-refractivity contribution < 1.29 is 4.79 Å². The summed E-state index contributed by atoms with van der Waals surface area (Å²) in [5.41, 5.74) is 2.47. The second-order valence-electron chi connectivity index (χ2n) is 5.95. The molecule has 1 atom stereocenters. The normalized spacial score (nSPS) is 13.0. The number of carbonyl (C=O) groups is 1. The highest BCUT2D eigenvalue weighted by Crippen LogP contribution is 2.29. The predicted octanol–water partition coefficient (Wildman–Crippen LogP) is 4.15. The van der Waals surface area contributed by atoms with Crippen LogP contribution in [0, 0.1) is 0 Å². The van der Waals surface area contributed by atoms with E-state index in [1.807, 2.05) is 18.2 Å². The molecule has 0 radical (unpaired) electrons. The molecule has 0 saturated heterocycles. The van der Waals surface area contributed by atoms with Gasteiger partial charge in [-0.3, -0.25) is 4.79 Å². The van der Waals surface area contributed by atoms with Gasteiger partial charge in [0.1, 0.15) is 0 Å². The van der Waals surface area contributed by atoms with Crippen LogP contribution in [0.4, 0.5) is 0 Å². The molecule has 104 valence electrons. The Morgan fingerprint density at radius 2 is 1.50 bits per heavy atom. The minimum absolute atomic E-state index is 0.158. The van der Waals surface area contributed by atoms with Crippen LogP contribution in [-0.4, -0.2) is 13.9 Å². The molecule has 1 nitrogen and oxygen atoms in total. The summed E-state index contributed by atoms with van der Waals surface area (Å²) in [6.07, 6.45) is 0. The Balaban J connectivity index is 2.46. The van der Waals surface area contributed by atoms with Crippen LogP contribution < -0.4 is 5.19 Å². The molecular weight excluding hydrogens is 260 g/mol. The highest BCUT2D eigenvalue weighted by molar-refractivity contribution is 6.90. The monoisotopic (exact) mass is 282 g/mol. The first-order valence-corrected chi connectivity index (χ1v) is 10.2. The fourth-order valence-corrected chi connectivity index (χ4v) is 5.28. The van der Waals surface area contributed by atoms with Crippen LogP contribution >= 0.6 is 0 Å². The van der Waals surface area contributed by atoms with E-state index in [0.717, 1.165) is 5.56 Å². The lowest BCUT2D eigenvalue weighted by molar-refractivity contribution is 0.101. The molecule has 0 amide bonds. The summed E-state index contributed by atoms with van der Waals surface area (Å²) in [5.74, 6) is 0.158. The van der Waals surface area contributed by atoms with E-state index in [1.54, 1.807) is 6.92 Å². The molecule has 2 heteroatoms. The maximum atomic E-state index is 11.8. The van der Waals surface area contributed by atoms with Gasteiger partial charge in [-0.1, -0.05) is 79.8 Å². The molecule has 0 aliphatic rings. The van der Waals surface area contributed by atoms with E-state index in [-0.39, 0.29) is 5.78 Å². The zero-order chi connectivity index (χ0) is 14.8. The molecule has 0 spiro atoms. The van der Waals surface area contributed by atoms with Crippen molar-refractivity contribution >= 4 is 19.0 Å². The van der Waals surface area contributed by atoms with Gasteiger partial charge in [-0.25, -0.2) is 0 Å². The molecular formula is C18H22OSi. The van der Waals surface area contributed by atoms with Gasteiger partial charge in [-0.15, -0.1) is 0 Å². The summed E-state index contributed by atoms with van der Waals surface area (Å²) in [5, 5.41) is 1.44. The Kier molecular flexibility index (Phi) is 4.24. The van der Waals surface area contributed by atoms with Gasteiger partial charge in [-0.2, -0.15) is 0 Å². The van der Waals surface area contributed by atoms with Crippen LogP contribution in [0.1, 0.15) is 35.3 Å². The van der Waals surface area contributed by atoms with Crippen LogP contribution in [0.15, 0.2) is 54.6 Å². The number of hydrogen-bond acceptors (Lipinski definition) is 1. The number of benzene rings is 2. The number of rotatable bonds is 4. The number of carbonyl (C=O) groups excluding carboxylic acids is 1. The maximum absolute atomic E-state index is 11.8. The Morgan fingerprint density at radius 3 is 2.10 bits per heavy atom. The van der Waals surface area contributed by atoms with Gasteiger partial charge in [0.25, 0.3) is 0 Å². The molecule has 0 saturated carbocycles. The van der Waals surface area contributed by atoms with Crippen molar-refractivity contribution in [2.24, 2.45) is 0 Å². The Hall–Kier alpha value is -1.67. The fraction of sp³-hybridized carbons (Fsp3) is 0.278. The average Bonchev–Trinajstić information content (AvgIpc) is 2.47. The summed E-state index contributed by atoms with van der Waals surface area (Å²) in [7, 11) is -1.65. The number of ketones is 1. The van der Waals surface area contributed by atoms with E-state index >= 15 is 0 Å². The van der Waals surface area contributed by atoms with E-state index in [9.17, 15) is 4.79 Å². The molecule has 0 heterocycles. The Bertz CT molecular complexity index is 602. The van der Waals surface area contributed by atoms with Crippen molar-refractivity contribution in [1.82, 2.24) is 0 Å². The molecule has 2 aromatic rings. The average molecular weight is 282 g/mol. The van der Waals surface area contributed by atoms with E-state index in [4.69, 9.17) is 0 Å². The highest BCUT2D eigenvalue weighted by Gasteiger charge is 2.32. The van der Waals surface area contributed by atoms with Gasteiger partial charge in [0.2, 0.25) is 0 Å². The van der Waals surface area contributed by atoms with Crippen molar-refractivity contribution in [3.8, 4) is 0 Å². The van der Waals surface area contributed by atoms with Gasteiger partial charge in [0, 0.05) is 5.56 Å². The van der Waals surface area contributed by atoms with Gasteiger partial charge in [0.15, 0.2) is 5.78 Å². The molecule has 0 aromatic heterocycles. The number of Topliss-reactive ketones (excluding diaryl/α,β-unsaturated/α-hetero) is 1. The summed E-state index contributed by atoms with van der Waals surface area (Å²) < 4.78 is 0. The summed E-state index contributed by atoms with van der Waals surface area (Å²) >= 11 is 0. The SMILES string of the molecule is CC(=O)c1ccccc1C(C)[Si](C)(C)c1ccccc1. The maximum Gasteiger partial charge on any atom is 0.160 e. The zero-order valence-electron chi connectivity index (χ0n) is 12.7. The molecule has 2 aromatic carbocycles. The quantitative estimate of drug-likeness (QED) is 0.608. The third-order valence-electron chi connectivity index (χ3n) is 4.41. The molecule has 0 N–H and O–H groups in total. The second kappa shape index (κ2) is 5.76. The molecule has 0 aliphatic carbocycles. The molecule has 0 bridgehead atoms. The number of hydrogen-bond donors (Lipinski definition) is 0. The lowest BCUT2D eigenvalue weighted by atomic mass is 10.0. The minimum Gasteiger partial charge on any atom is -0.295 e. The van der Waals surface area contributed by atoms with Crippen molar-refractivity contribution in [1.29, 1.82) is 0 Å². The first-order valence-electron chi connectivity index (χ1n) is 7.10. The third-order valence-corrected chi connectivity index (χ3v) is 8.70. The molecule has 0 fully saturated rings. The van der Waals surface area contributed by atoms with Crippen molar-refractivity contribution in [2.45, 2.75) is 32.5 Å². The molecule has 0 aliphatic heterocycles.